The molecule has 0 bridgehead atoms. The van der Waals surface area contributed by atoms with Crippen molar-refractivity contribution in [2.45, 2.75) is 20.3 Å². The van der Waals surface area contributed by atoms with E-state index in [-0.39, 0.29) is 11.8 Å². The van der Waals surface area contributed by atoms with Crippen molar-refractivity contribution in [3.63, 3.8) is 0 Å². The third-order valence-electron chi connectivity index (χ3n) is 1.20. The first-order chi connectivity index (χ1) is 4.68. The van der Waals surface area contributed by atoms with Gasteiger partial charge in [-0.25, -0.2) is 0 Å². The molecule has 0 rings (SSSR count). The average molecular weight is 145 g/mol. The molecule has 0 aromatic carbocycles. The Morgan fingerprint density at radius 3 is 2.70 bits per heavy atom. The fourth-order valence-electron chi connectivity index (χ4n) is 0.487. The van der Waals surface area contributed by atoms with Crippen LogP contribution < -0.4 is 5.73 Å². The van der Waals surface area contributed by atoms with E-state index < -0.39 is 0 Å². The maximum absolute atomic E-state index is 10.4. The predicted molar refractivity (Wildman–Crippen MR) is 39.5 cm³/mol. The molecule has 0 aromatic rings. The molecular weight excluding hydrogens is 130 g/mol. The molecule has 3 nitrogen and oxygen atoms in total. The molecular formula is C7H15NO2. The number of primary amides is 1. The second-order valence-electron chi connectivity index (χ2n) is 2.38. The van der Waals surface area contributed by atoms with Crippen molar-refractivity contribution in [3.8, 4) is 0 Å². The zero-order valence-corrected chi connectivity index (χ0v) is 6.59. The minimum absolute atomic E-state index is 0.161. The summed E-state index contributed by atoms with van der Waals surface area (Å²) in [7, 11) is 0. The minimum Gasteiger partial charge on any atom is -0.381 e. The van der Waals surface area contributed by atoms with Crippen molar-refractivity contribution in [3.05, 3.63) is 0 Å². The highest BCUT2D eigenvalue weighted by Crippen LogP contribution is 1.93. The molecule has 0 aliphatic carbocycles. The van der Waals surface area contributed by atoms with E-state index in [9.17, 15) is 4.79 Å². The summed E-state index contributed by atoms with van der Waals surface area (Å²) in [4.78, 5) is 10.4. The van der Waals surface area contributed by atoms with Crippen LogP contribution in [0.25, 0.3) is 0 Å². The topological polar surface area (TPSA) is 52.3 Å². The van der Waals surface area contributed by atoms with Gasteiger partial charge in [-0.15, -0.1) is 0 Å². The van der Waals surface area contributed by atoms with Crippen LogP contribution in [0.2, 0.25) is 0 Å². The van der Waals surface area contributed by atoms with E-state index in [4.69, 9.17) is 10.5 Å². The Balaban J connectivity index is 3.21. The zero-order valence-electron chi connectivity index (χ0n) is 6.59. The van der Waals surface area contributed by atoms with E-state index in [1.54, 1.807) is 6.92 Å². The number of rotatable bonds is 5. The van der Waals surface area contributed by atoms with E-state index in [1.807, 2.05) is 6.92 Å². The molecule has 0 heterocycles. The van der Waals surface area contributed by atoms with Gasteiger partial charge < -0.3 is 10.5 Å². The molecule has 0 saturated heterocycles. The van der Waals surface area contributed by atoms with Gasteiger partial charge in [-0.1, -0.05) is 13.8 Å². The lowest BCUT2D eigenvalue weighted by Gasteiger charge is -2.06. The summed E-state index contributed by atoms with van der Waals surface area (Å²) in [5, 5.41) is 0. The highest BCUT2D eigenvalue weighted by atomic mass is 16.5. The van der Waals surface area contributed by atoms with Crippen molar-refractivity contribution in [1.82, 2.24) is 0 Å². The summed E-state index contributed by atoms with van der Waals surface area (Å²) in [5.74, 6) is -0.456. The van der Waals surface area contributed by atoms with Gasteiger partial charge >= 0.3 is 0 Å². The summed E-state index contributed by atoms with van der Waals surface area (Å²) >= 11 is 0. The Morgan fingerprint density at radius 2 is 2.30 bits per heavy atom. The standard InChI is InChI=1S/C7H15NO2/c1-3-4-10-5-6(2)7(8)9/h6H,3-5H2,1-2H3,(H2,8,9). The monoisotopic (exact) mass is 145 g/mol. The molecule has 3 heteroatoms. The van der Waals surface area contributed by atoms with Gasteiger partial charge in [-0.05, 0) is 6.42 Å². The largest absolute Gasteiger partial charge is 0.381 e. The number of hydrogen-bond acceptors (Lipinski definition) is 2. The van der Waals surface area contributed by atoms with Crippen LogP contribution in [0.15, 0.2) is 0 Å². The number of carbonyl (C=O) groups excluding carboxylic acids is 1. The first kappa shape index (κ1) is 9.43. The van der Waals surface area contributed by atoms with Gasteiger partial charge in [-0.3, -0.25) is 4.79 Å². The summed E-state index contributed by atoms with van der Waals surface area (Å²) in [5.41, 5.74) is 5.00. The Labute approximate surface area is 61.5 Å². The first-order valence-electron chi connectivity index (χ1n) is 3.55. The van der Waals surface area contributed by atoms with Gasteiger partial charge in [0.2, 0.25) is 5.91 Å². The number of hydrogen-bond donors (Lipinski definition) is 1. The van der Waals surface area contributed by atoms with E-state index in [1.165, 1.54) is 0 Å². The minimum atomic E-state index is -0.295. The molecule has 0 saturated carbocycles. The van der Waals surface area contributed by atoms with Gasteiger partial charge in [0.05, 0.1) is 12.5 Å². The molecule has 0 aliphatic rings. The fourth-order valence-corrected chi connectivity index (χ4v) is 0.487. The Bertz CT molecular complexity index is 104. The van der Waals surface area contributed by atoms with Crippen LogP contribution >= 0.6 is 0 Å². The van der Waals surface area contributed by atoms with Crippen LogP contribution in [0.3, 0.4) is 0 Å². The lowest BCUT2D eigenvalue weighted by Crippen LogP contribution is -2.24. The van der Waals surface area contributed by atoms with Crippen molar-refractivity contribution in [2.24, 2.45) is 11.7 Å². The lowest BCUT2D eigenvalue weighted by atomic mass is 10.2. The smallest absolute Gasteiger partial charge is 0.222 e. The summed E-state index contributed by atoms with van der Waals surface area (Å²) in [6.45, 7) is 4.94. The number of ether oxygens (including phenoxy) is 1. The molecule has 0 aliphatic heterocycles. The lowest BCUT2D eigenvalue weighted by molar-refractivity contribution is -0.123. The predicted octanol–water partition coefficient (Wildman–Crippen LogP) is 0.534. The molecule has 2 N–H and O–H groups in total. The van der Waals surface area contributed by atoms with E-state index in [0.29, 0.717) is 13.2 Å². The van der Waals surface area contributed by atoms with E-state index in [0.717, 1.165) is 6.42 Å². The Hall–Kier alpha value is -0.570. The molecule has 60 valence electrons. The highest BCUT2D eigenvalue weighted by molar-refractivity contribution is 5.76. The molecule has 1 unspecified atom stereocenters. The van der Waals surface area contributed by atoms with Crippen LogP contribution in [0, 0.1) is 5.92 Å². The van der Waals surface area contributed by atoms with Gasteiger partial charge in [0.25, 0.3) is 0 Å². The second-order valence-corrected chi connectivity index (χ2v) is 2.38. The van der Waals surface area contributed by atoms with Crippen LogP contribution in [0.5, 0.6) is 0 Å². The Morgan fingerprint density at radius 1 is 1.70 bits per heavy atom. The van der Waals surface area contributed by atoms with Gasteiger partial charge in [-0.2, -0.15) is 0 Å². The van der Waals surface area contributed by atoms with Crippen LogP contribution in [-0.2, 0) is 9.53 Å². The SMILES string of the molecule is CCCOCC(C)C(N)=O. The van der Waals surface area contributed by atoms with Crippen molar-refractivity contribution >= 4 is 5.91 Å². The zero-order chi connectivity index (χ0) is 7.98. The van der Waals surface area contributed by atoms with Gasteiger partial charge in [0.1, 0.15) is 0 Å². The van der Waals surface area contributed by atoms with Crippen molar-refractivity contribution in [1.29, 1.82) is 0 Å². The molecule has 1 amide bonds. The van der Waals surface area contributed by atoms with Crippen LogP contribution in [0.1, 0.15) is 20.3 Å². The molecule has 0 fully saturated rings. The molecule has 0 radical (unpaired) electrons. The van der Waals surface area contributed by atoms with Crippen LogP contribution in [-0.4, -0.2) is 19.1 Å². The average Bonchev–Trinajstić information content (AvgIpc) is 1.88. The molecule has 10 heavy (non-hydrogen) atoms. The highest BCUT2D eigenvalue weighted by Gasteiger charge is 2.06. The molecule has 1 atom stereocenters. The van der Waals surface area contributed by atoms with E-state index in [2.05, 4.69) is 0 Å². The number of nitrogens with two attached hydrogens (primary N) is 1. The molecule has 0 spiro atoms. The normalized spacial score (nSPS) is 13.0. The van der Waals surface area contributed by atoms with Gasteiger partial charge in [0.15, 0.2) is 0 Å². The first-order valence-corrected chi connectivity index (χ1v) is 3.55. The summed E-state index contributed by atoms with van der Waals surface area (Å²) in [6.07, 6.45) is 0.978. The number of carbonyl (C=O) groups is 1. The van der Waals surface area contributed by atoms with E-state index >= 15 is 0 Å². The third-order valence-corrected chi connectivity index (χ3v) is 1.20. The maximum Gasteiger partial charge on any atom is 0.222 e. The van der Waals surface area contributed by atoms with Crippen molar-refractivity contribution in [2.75, 3.05) is 13.2 Å². The fraction of sp³-hybridized carbons (Fsp3) is 0.857. The quantitative estimate of drug-likeness (QED) is 0.574. The Kier molecular flexibility index (Phi) is 4.94. The van der Waals surface area contributed by atoms with Crippen LogP contribution in [0.4, 0.5) is 0 Å². The molecule has 0 aromatic heterocycles. The maximum atomic E-state index is 10.4. The van der Waals surface area contributed by atoms with Crippen molar-refractivity contribution < 1.29 is 9.53 Å². The number of amides is 1. The third kappa shape index (κ3) is 4.32. The summed E-state index contributed by atoms with van der Waals surface area (Å²) < 4.78 is 5.11. The summed E-state index contributed by atoms with van der Waals surface area (Å²) in [6, 6.07) is 0. The second kappa shape index (κ2) is 5.23. The van der Waals surface area contributed by atoms with Gasteiger partial charge in [0, 0.05) is 6.61 Å².